The zero-order valence-corrected chi connectivity index (χ0v) is 17.6. The van der Waals surface area contributed by atoms with Crippen LogP contribution in [0.25, 0.3) is 11.4 Å². The van der Waals surface area contributed by atoms with Crippen molar-refractivity contribution in [1.82, 2.24) is 15.0 Å². The number of carbonyl (C=O) groups is 1. The summed E-state index contributed by atoms with van der Waals surface area (Å²) in [6.07, 6.45) is 0. The van der Waals surface area contributed by atoms with Crippen LogP contribution in [0.4, 0.5) is 5.69 Å². The Balaban J connectivity index is 1.36. The van der Waals surface area contributed by atoms with Crippen LogP contribution in [-0.2, 0) is 11.3 Å². The van der Waals surface area contributed by atoms with Gasteiger partial charge < -0.3 is 14.2 Å². The second-order valence-corrected chi connectivity index (χ2v) is 7.56. The van der Waals surface area contributed by atoms with Gasteiger partial charge >= 0.3 is 5.97 Å². The van der Waals surface area contributed by atoms with E-state index in [0.717, 1.165) is 31.7 Å². The van der Waals surface area contributed by atoms with E-state index in [-0.39, 0.29) is 5.97 Å². The zero-order valence-electron chi connectivity index (χ0n) is 17.6. The van der Waals surface area contributed by atoms with Crippen molar-refractivity contribution in [1.29, 1.82) is 0 Å². The van der Waals surface area contributed by atoms with Crippen molar-refractivity contribution in [2.75, 3.05) is 38.2 Å². The molecule has 2 aromatic carbocycles. The number of aromatic nitrogens is 2. The van der Waals surface area contributed by atoms with Crippen molar-refractivity contribution in [3.8, 4) is 11.4 Å². The summed E-state index contributed by atoms with van der Waals surface area (Å²) in [5.41, 5.74) is 5.30. The van der Waals surface area contributed by atoms with Crippen molar-refractivity contribution >= 4 is 11.7 Å². The predicted molar refractivity (Wildman–Crippen MR) is 114 cm³/mol. The van der Waals surface area contributed by atoms with Gasteiger partial charge in [0.1, 0.15) is 0 Å². The zero-order chi connectivity index (χ0) is 21.1. The van der Waals surface area contributed by atoms with Gasteiger partial charge in [0, 0.05) is 37.4 Å². The van der Waals surface area contributed by atoms with E-state index in [0.29, 0.717) is 23.8 Å². The number of piperazine rings is 1. The van der Waals surface area contributed by atoms with E-state index in [1.807, 2.05) is 0 Å². The Morgan fingerprint density at radius 2 is 1.80 bits per heavy atom. The van der Waals surface area contributed by atoms with Gasteiger partial charge in [-0.05, 0) is 43.2 Å². The molecule has 4 rings (SSSR count). The molecule has 1 fully saturated rings. The number of rotatable bonds is 5. The molecule has 156 valence electrons. The third-order valence-electron chi connectivity index (χ3n) is 5.68. The topological polar surface area (TPSA) is 71.7 Å². The number of hydrogen-bond acceptors (Lipinski definition) is 7. The summed E-state index contributed by atoms with van der Waals surface area (Å²) in [6, 6.07) is 13.5. The number of esters is 1. The van der Waals surface area contributed by atoms with E-state index in [4.69, 9.17) is 9.26 Å². The fraction of sp³-hybridized carbons (Fsp3) is 0.348. The van der Waals surface area contributed by atoms with E-state index < -0.39 is 0 Å². The number of ether oxygens (including phenoxy) is 1. The fourth-order valence-corrected chi connectivity index (χ4v) is 3.73. The molecule has 3 aromatic rings. The van der Waals surface area contributed by atoms with Crippen LogP contribution in [0.15, 0.2) is 47.0 Å². The van der Waals surface area contributed by atoms with Crippen LogP contribution in [-0.4, -0.2) is 54.3 Å². The van der Waals surface area contributed by atoms with E-state index in [1.54, 1.807) is 24.3 Å². The van der Waals surface area contributed by atoms with Crippen LogP contribution in [0.1, 0.15) is 27.4 Å². The number of methoxy groups -OCH3 is 1. The van der Waals surface area contributed by atoms with Gasteiger partial charge in [-0.2, -0.15) is 4.98 Å². The van der Waals surface area contributed by atoms with Gasteiger partial charge in [-0.15, -0.1) is 0 Å². The van der Waals surface area contributed by atoms with Gasteiger partial charge in [-0.3, -0.25) is 4.90 Å². The average molecular weight is 406 g/mol. The second kappa shape index (κ2) is 8.67. The van der Waals surface area contributed by atoms with Crippen molar-refractivity contribution < 1.29 is 14.1 Å². The molecule has 7 nitrogen and oxygen atoms in total. The van der Waals surface area contributed by atoms with Crippen LogP contribution in [0.5, 0.6) is 0 Å². The molecule has 0 radical (unpaired) electrons. The Morgan fingerprint density at radius 3 is 2.50 bits per heavy atom. The van der Waals surface area contributed by atoms with Crippen molar-refractivity contribution in [2.24, 2.45) is 0 Å². The summed E-state index contributed by atoms with van der Waals surface area (Å²) in [5.74, 6) is 0.757. The van der Waals surface area contributed by atoms with Gasteiger partial charge in [0.2, 0.25) is 11.7 Å². The first-order valence-electron chi connectivity index (χ1n) is 10.1. The fourth-order valence-electron chi connectivity index (χ4n) is 3.73. The molecule has 0 amide bonds. The number of anilines is 1. The molecule has 1 saturated heterocycles. The molecule has 0 spiro atoms. The molecule has 0 N–H and O–H groups in total. The maximum Gasteiger partial charge on any atom is 0.337 e. The summed E-state index contributed by atoms with van der Waals surface area (Å²) < 4.78 is 10.2. The Hall–Kier alpha value is -3.19. The number of carbonyl (C=O) groups excluding carboxylic acids is 1. The Bertz CT molecular complexity index is 1020. The minimum absolute atomic E-state index is 0.365. The van der Waals surface area contributed by atoms with Gasteiger partial charge in [0.05, 0.1) is 19.2 Å². The highest BCUT2D eigenvalue weighted by Gasteiger charge is 2.21. The maximum atomic E-state index is 11.6. The molecule has 0 unspecified atom stereocenters. The van der Waals surface area contributed by atoms with Crippen LogP contribution in [0.2, 0.25) is 0 Å². The lowest BCUT2D eigenvalue weighted by atomic mass is 10.1. The number of nitrogens with zero attached hydrogens (tertiary/aromatic N) is 4. The van der Waals surface area contributed by atoms with Crippen LogP contribution >= 0.6 is 0 Å². The molecule has 1 aromatic heterocycles. The van der Waals surface area contributed by atoms with Gasteiger partial charge in [-0.1, -0.05) is 29.4 Å². The highest BCUT2D eigenvalue weighted by Crippen LogP contribution is 2.24. The smallest absolute Gasteiger partial charge is 0.337 e. The van der Waals surface area contributed by atoms with E-state index in [9.17, 15) is 4.79 Å². The van der Waals surface area contributed by atoms with Crippen molar-refractivity contribution in [3.05, 3.63) is 65.0 Å². The minimum Gasteiger partial charge on any atom is -0.465 e. The van der Waals surface area contributed by atoms with E-state index in [2.05, 4.69) is 52.0 Å². The normalized spacial score (nSPS) is 14.7. The number of benzene rings is 2. The van der Waals surface area contributed by atoms with Crippen LogP contribution in [0.3, 0.4) is 0 Å². The molecule has 1 aliphatic heterocycles. The predicted octanol–water partition coefficient (Wildman–Crippen LogP) is 3.46. The summed E-state index contributed by atoms with van der Waals surface area (Å²) in [7, 11) is 1.36. The Morgan fingerprint density at radius 1 is 1.07 bits per heavy atom. The van der Waals surface area contributed by atoms with Gasteiger partial charge in [-0.25, -0.2) is 4.79 Å². The molecule has 1 aliphatic rings. The standard InChI is InChI=1S/C23H26N4O3/c1-16-5-4-6-20(17(16)2)27-13-11-26(12-14-27)15-21-24-22(25-30-21)18-7-9-19(10-8-18)23(28)29-3/h4-10H,11-15H2,1-3H3. The monoisotopic (exact) mass is 406 g/mol. The molecular weight excluding hydrogens is 380 g/mol. The lowest BCUT2D eigenvalue weighted by Gasteiger charge is -2.36. The molecule has 2 heterocycles. The lowest BCUT2D eigenvalue weighted by Crippen LogP contribution is -2.46. The Kier molecular flexibility index (Phi) is 5.81. The molecule has 30 heavy (non-hydrogen) atoms. The summed E-state index contributed by atoms with van der Waals surface area (Å²) in [6.45, 7) is 8.81. The molecule has 7 heteroatoms. The summed E-state index contributed by atoms with van der Waals surface area (Å²) >= 11 is 0. The first-order chi connectivity index (χ1) is 14.5. The van der Waals surface area contributed by atoms with Gasteiger partial charge in [0.25, 0.3) is 0 Å². The molecule has 0 aliphatic carbocycles. The van der Waals surface area contributed by atoms with Crippen molar-refractivity contribution in [3.63, 3.8) is 0 Å². The number of aryl methyl sites for hydroxylation is 1. The lowest BCUT2D eigenvalue weighted by molar-refractivity contribution is 0.0600. The highest BCUT2D eigenvalue weighted by molar-refractivity contribution is 5.89. The average Bonchev–Trinajstić information content (AvgIpc) is 3.24. The highest BCUT2D eigenvalue weighted by atomic mass is 16.5. The van der Waals surface area contributed by atoms with E-state index >= 15 is 0 Å². The maximum absolute atomic E-state index is 11.6. The largest absolute Gasteiger partial charge is 0.465 e. The molecule has 0 saturated carbocycles. The molecular formula is C23H26N4O3. The van der Waals surface area contributed by atoms with Crippen LogP contribution < -0.4 is 4.90 Å². The SMILES string of the molecule is COC(=O)c1ccc(-c2noc(CN3CCN(c4cccc(C)c4C)CC3)n2)cc1. The van der Waals surface area contributed by atoms with Crippen LogP contribution in [0, 0.1) is 13.8 Å². The second-order valence-electron chi connectivity index (χ2n) is 7.56. The first kappa shape index (κ1) is 20.1. The van der Waals surface area contributed by atoms with Gasteiger partial charge in [0.15, 0.2) is 0 Å². The summed E-state index contributed by atoms with van der Waals surface area (Å²) in [4.78, 5) is 20.9. The minimum atomic E-state index is -0.365. The third kappa shape index (κ3) is 4.21. The van der Waals surface area contributed by atoms with E-state index in [1.165, 1.54) is 23.9 Å². The molecule has 0 atom stereocenters. The van der Waals surface area contributed by atoms with Crippen molar-refractivity contribution in [2.45, 2.75) is 20.4 Å². The molecule has 0 bridgehead atoms. The Labute approximate surface area is 176 Å². The summed E-state index contributed by atoms with van der Waals surface area (Å²) in [5, 5.41) is 4.09. The quantitative estimate of drug-likeness (QED) is 0.601. The third-order valence-corrected chi connectivity index (χ3v) is 5.68. The first-order valence-corrected chi connectivity index (χ1v) is 10.1. The number of hydrogen-bond donors (Lipinski definition) is 0.